The highest BCUT2D eigenvalue weighted by molar-refractivity contribution is 7.26. The summed E-state index contributed by atoms with van der Waals surface area (Å²) >= 11 is 1.74. The van der Waals surface area contributed by atoms with Gasteiger partial charge in [0, 0.05) is 16.1 Å². The molecule has 1 atom stereocenters. The molecule has 4 aromatic rings. The van der Waals surface area contributed by atoms with Gasteiger partial charge in [-0.15, -0.1) is 11.3 Å². The molecule has 0 saturated heterocycles. The molecule has 0 aliphatic carbocycles. The lowest BCUT2D eigenvalue weighted by Gasteiger charge is -2.15. The van der Waals surface area contributed by atoms with Gasteiger partial charge in [0.15, 0.2) is 0 Å². The third-order valence-electron chi connectivity index (χ3n) is 3.81. The summed E-state index contributed by atoms with van der Waals surface area (Å²) in [5, 5.41) is 4.72. The highest BCUT2D eigenvalue weighted by Gasteiger charge is 2.13. The second-order valence-corrected chi connectivity index (χ2v) is 6.33. The SMILES string of the molecule is C[C@H](Nc1ncnc2c1sc1ccccc12)c1ccccc1. The predicted molar refractivity (Wildman–Crippen MR) is 93.4 cm³/mol. The minimum atomic E-state index is 0.199. The first-order valence-corrected chi connectivity index (χ1v) is 8.08. The molecular formula is C18H15N3S. The third-order valence-corrected chi connectivity index (χ3v) is 4.98. The summed E-state index contributed by atoms with van der Waals surface area (Å²) in [5.41, 5.74) is 2.27. The van der Waals surface area contributed by atoms with Crippen LogP contribution in [-0.2, 0) is 0 Å². The first kappa shape index (κ1) is 13.2. The van der Waals surface area contributed by atoms with Crippen LogP contribution in [0.25, 0.3) is 20.3 Å². The number of nitrogens with zero attached hydrogens (tertiary/aromatic N) is 2. The van der Waals surface area contributed by atoms with Gasteiger partial charge in [-0.3, -0.25) is 0 Å². The molecular weight excluding hydrogens is 290 g/mol. The Morgan fingerprint density at radius 3 is 2.59 bits per heavy atom. The average Bonchev–Trinajstić information content (AvgIpc) is 2.95. The number of nitrogens with one attached hydrogen (secondary N) is 1. The molecule has 4 rings (SSSR count). The van der Waals surface area contributed by atoms with Gasteiger partial charge >= 0.3 is 0 Å². The van der Waals surface area contributed by atoms with Crippen LogP contribution in [0.5, 0.6) is 0 Å². The van der Waals surface area contributed by atoms with Crippen molar-refractivity contribution in [3.8, 4) is 0 Å². The second-order valence-electron chi connectivity index (χ2n) is 5.27. The van der Waals surface area contributed by atoms with Crippen LogP contribution in [0.15, 0.2) is 60.9 Å². The van der Waals surface area contributed by atoms with Crippen LogP contribution in [0.2, 0.25) is 0 Å². The normalized spacial score (nSPS) is 12.6. The van der Waals surface area contributed by atoms with E-state index in [0.29, 0.717) is 0 Å². The number of anilines is 1. The molecule has 22 heavy (non-hydrogen) atoms. The molecule has 0 saturated carbocycles. The Morgan fingerprint density at radius 2 is 1.73 bits per heavy atom. The Kier molecular flexibility index (Phi) is 3.24. The van der Waals surface area contributed by atoms with E-state index in [-0.39, 0.29) is 6.04 Å². The fourth-order valence-corrected chi connectivity index (χ4v) is 3.77. The number of benzene rings is 2. The number of aromatic nitrogens is 2. The van der Waals surface area contributed by atoms with E-state index in [0.717, 1.165) is 16.0 Å². The summed E-state index contributed by atoms with van der Waals surface area (Å²) in [6.45, 7) is 2.15. The maximum Gasteiger partial charge on any atom is 0.147 e. The van der Waals surface area contributed by atoms with Gasteiger partial charge in [0.05, 0.1) is 10.2 Å². The van der Waals surface area contributed by atoms with Crippen molar-refractivity contribution in [1.82, 2.24) is 9.97 Å². The highest BCUT2D eigenvalue weighted by atomic mass is 32.1. The van der Waals surface area contributed by atoms with Gasteiger partial charge in [-0.25, -0.2) is 9.97 Å². The zero-order chi connectivity index (χ0) is 14.9. The van der Waals surface area contributed by atoms with Crippen LogP contribution in [-0.4, -0.2) is 9.97 Å². The lowest BCUT2D eigenvalue weighted by atomic mass is 10.1. The van der Waals surface area contributed by atoms with E-state index in [1.54, 1.807) is 17.7 Å². The summed E-state index contributed by atoms with van der Waals surface area (Å²) in [6.07, 6.45) is 1.64. The maximum atomic E-state index is 4.47. The van der Waals surface area contributed by atoms with E-state index in [9.17, 15) is 0 Å². The Morgan fingerprint density at radius 1 is 0.955 bits per heavy atom. The molecule has 0 fully saturated rings. The largest absolute Gasteiger partial charge is 0.362 e. The molecule has 0 aliphatic heterocycles. The topological polar surface area (TPSA) is 37.8 Å². The standard InChI is InChI=1S/C18H15N3S/c1-12(13-7-3-2-4-8-13)21-18-17-16(19-11-20-18)14-9-5-6-10-15(14)22-17/h2-12H,1H3,(H,19,20,21)/t12-/m0/s1. The fraction of sp³-hybridized carbons (Fsp3) is 0.111. The molecule has 0 unspecified atom stereocenters. The molecule has 1 N–H and O–H groups in total. The van der Waals surface area contributed by atoms with Crippen LogP contribution < -0.4 is 5.32 Å². The summed E-state index contributed by atoms with van der Waals surface area (Å²) in [7, 11) is 0. The lowest BCUT2D eigenvalue weighted by molar-refractivity contribution is 0.876. The van der Waals surface area contributed by atoms with Gasteiger partial charge in [0.2, 0.25) is 0 Å². The van der Waals surface area contributed by atoms with Crippen LogP contribution in [0.3, 0.4) is 0 Å². The molecule has 2 heterocycles. The van der Waals surface area contributed by atoms with Gasteiger partial charge in [-0.05, 0) is 18.6 Å². The van der Waals surface area contributed by atoms with E-state index in [1.165, 1.54) is 15.6 Å². The Hall–Kier alpha value is -2.46. The van der Waals surface area contributed by atoms with Crippen LogP contribution >= 0.6 is 11.3 Å². The predicted octanol–water partition coefficient (Wildman–Crippen LogP) is 5.02. The molecule has 0 amide bonds. The van der Waals surface area contributed by atoms with Crippen LogP contribution in [0.1, 0.15) is 18.5 Å². The van der Waals surface area contributed by atoms with E-state index >= 15 is 0 Å². The van der Waals surface area contributed by atoms with Crippen molar-refractivity contribution in [3.05, 3.63) is 66.5 Å². The minimum absolute atomic E-state index is 0.199. The van der Waals surface area contributed by atoms with Crippen molar-refractivity contribution >= 4 is 37.5 Å². The van der Waals surface area contributed by atoms with Crippen molar-refractivity contribution in [2.75, 3.05) is 5.32 Å². The fourth-order valence-electron chi connectivity index (χ4n) is 2.66. The number of rotatable bonds is 3. The quantitative estimate of drug-likeness (QED) is 0.577. The van der Waals surface area contributed by atoms with E-state index in [2.05, 4.69) is 70.7 Å². The van der Waals surface area contributed by atoms with Gasteiger partial charge in [0.1, 0.15) is 12.1 Å². The lowest BCUT2D eigenvalue weighted by Crippen LogP contribution is -2.07. The molecule has 0 radical (unpaired) electrons. The van der Waals surface area contributed by atoms with Gasteiger partial charge in [0.25, 0.3) is 0 Å². The van der Waals surface area contributed by atoms with Crippen molar-refractivity contribution < 1.29 is 0 Å². The molecule has 0 aliphatic rings. The summed E-state index contributed by atoms with van der Waals surface area (Å²) in [4.78, 5) is 8.93. The van der Waals surface area contributed by atoms with Crippen molar-refractivity contribution in [3.63, 3.8) is 0 Å². The maximum absolute atomic E-state index is 4.47. The summed E-state index contributed by atoms with van der Waals surface area (Å²) in [5.74, 6) is 0.905. The molecule has 108 valence electrons. The highest BCUT2D eigenvalue weighted by Crippen LogP contribution is 2.36. The Bertz CT molecular complexity index is 931. The Balaban J connectivity index is 1.79. The van der Waals surface area contributed by atoms with Gasteiger partial charge in [-0.2, -0.15) is 0 Å². The van der Waals surface area contributed by atoms with Crippen molar-refractivity contribution in [2.45, 2.75) is 13.0 Å². The van der Waals surface area contributed by atoms with Gasteiger partial charge < -0.3 is 5.32 Å². The monoisotopic (exact) mass is 305 g/mol. The number of hydrogen-bond donors (Lipinski definition) is 1. The summed E-state index contributed by atoms with van der Waals surface area (Å²) < 4.78 is 2.36. The molecule has 3 nitrogen and oxygen atoms in total. The Labute approximate surface area is 132 Å². The second kappa shape index (κ2) is 5.39. The minimum Gasteiger partial charge on any atom is -0.362 e. The molecule has 4 heteroatoms. The molecule has 0 spiro atoms. The first-order valence-electron chi connectivity index (χ1n) is 7.26. The molecule has 2 aromatic heterocycles. The van der Waals surface area contributed by atoms with Crippen molar-refractivity contribution in [1.29, 1.82) is 0 Å². The zero-order valence-corrected chi connectivity index (χ0v) is 13.0. The molecule has 0 bridgehead atoms. The van der Waals surface area contributed by atoms with Gasteiger partial charge in [-0.1, -0.05) is 48.5 Å². The van der Waals surface area contributed by atoms with E-state index in [4.69, 9.17) is 0 Å². The van der Waals surface area contributed by atoms with Crippen LogP contribution in [0.4, 0.5) is 5.82 Å². The number of fused-ring (bicyclic) bond motifs is 3. The van der Waals surface area contributed by atoms with Crippen molar-refractivity contribution in [2.24, 2.45) is 0 Å². The summed E-state index contributed by atoms with van der Waals surface area (Å²) in [6, 6.07) is 19.0. The van der Waals surface area contributed by atoms with Crippen LogP contribution in [0, 0.1) is 0 Å². The third kappa shape index (κ3) is 2.22. The average molecular weight is 305 g/mol. The zero-order valence-electron chi connectivity index (χ0n) is 12.2. The van der Waals surface area contributed by atoms with E-state index in [1.807, 2.05) is 6.07 Å². The molecule has 2 aromatic carbocycles. The number of thiophene rings is 1. The smallest absolute Gasteiger partial charge is 0.147 e. The first-order chi connectivity index (χ1) is 10.8. The van der Waals surface area contributed by atoms with E-state index < -0.39 is 0 Å². The number of hydrogen-bond acceptors (Lipinski definition) is 4.